The molecule has 0 amide bonds. The van der Waals surface area contributed by atoms with Crippen LogP contribution in [0.15, 0.2) is 71.7 Å². The lowest BCUT2D eigenvalue weighted by molar-refractivity contribution is 0.668. The van der Waals surface area contributed by atoms with Crippen molar-refractivity contribution >= 4 is 33.0 Å². The maximum absolute atomic E-state index is 5.93. The first-order chi connectivity index (χ1) is 11.4. The molecule has 3 heterocycles. The molecule has 2 aromatic carbocycles. The van der Waals surface area contributed by atoms with Crippen LogP contribution >= 0.6 is 0 Å². The molecule has 0 bridgehead atoms. The Labute approximate surface area is 131 Å². The van der Waals surface area contributed by atoms with Crippen molar-refractivity contribution in [3.8, 4) is 11.1 Å². The number of rotatable bonds is 1. The van der Waals surface area contributed by atoms with Crippen LogP contribution in [0.1, 0.15) is 0 Å². The van der Waals surface area contributed by atoms with Crippen LogP contribution < -0.4 is 0 Å². The van der Waals surface area contributed by atoms with Crippen LogP contribution in [0, 0.1) is 0 Å². The van der Waals surface area contributed by atoms with Crippen LogP contribution in [0.3, 0.4) is 0 Å². The third kappa shape index (κ3) is 1.75. The predicted molar refractivity (Wildman–Crippen MR) is 90.0 cm³/mol. The minimum atomic E-state index is 0.796. The highest BCUT2D eigenvalue weighted by atomic mass is 16.3. The van der Waals surface area contributed by atoms with Gasteiger partial charge in [0.1, 0.15) is 17.4 Å². The molecule has 5 aromatic rings. The Morgan fingerprint density at radius 2 is 1.61 bits per heavy atom. The monoisotopic (exact) mass is 297 g/mol. The Balaban J connectivity index is 1.96. The summed E-state index contributed by atoms with van der Waals surface area (Å²) >= 11 is 0. The number of nitrogens with zero attached hydrogens (tertiary/aromatic N) is 3. The van der Waals surface area contributed by atoms with E-state index in [2.05, 4.69) is 27.1 Å². The Hall–Kier alpha value is -3.27. The summed E-state index contributed by atoms with van der Waals surface area (Å²) in [4.78, 5) is 13.1. The van der Waals surface area contributed by atoms with E-state index >= 15 is 0 Å². The third-order valence-electron chi connectivity index (χ3n) is 4.08. The fourth-order valence-corrected chi connectivity index (χ4v) is 3.10. The van der Waals surface area contributed by atoms with Gasteiger partial charge in [-0.15, -0.1) is 0 Å². The largest absolute Gasteiger partial charge is 0.454 e. The molecule has 5 rings (SSSR count). The second-order valence-corrected chi connectivity index (χ2v) is 5.40. The summed E-state index contributed by atoms with van der Waals surface area (Å²) in [6.07, 6.45) is 5.20. The van der Waals surface area contributed by atoms with Gasteiger partial charge < -0.3 is 4.42 Å². The number of hydrogen-bond acceptors (Lipinski definition) is 4. The molecule has 0 saturated carbocycles. The van der Waals surface area contributed by atoms with Crippen LogP contribution in [0.5, 0.6) is 0 Å². The summed E-state index contributed by atoms with van der Waals surface area (Å²) in [5.74, 6) is 0. The first-order valence-electron chi connectivity index (χ1n) is 7.37. The Kier molecular flexibility index (Phi) is 2.46. The maximum Gasteiger partial charge on any atom is 0.153 e. The second kappa shape index (κ2) is 4.61. The van der Waals surface area contributed by atoms with Gasteiger partial charge in [0, 0.05) is 23.3 Å². The molecule has 0 aliphatic carbocycles. The van der Waals surface area contributed by atoms with Crippen LogP contribution in [-0.2, 0) is 0 Å². The summed E-state index contributed by atoms with van der Waals surface area (Å²) in [7, 11) is 0. The van der Waals surface area contributed by atoms with Crippen molar-refractivity contribution in [2.75, 3.05) is 0 Å². The van der Waals surface area contributed by atoms with Gasteiger partial charge in [0.15, 0.2) is 5.58 Å². The third-order valence-corrected chi connectivity index (χ3v) is 4.08. The second-order valence-electron chi connectivity index (χ2n) is 5.40. The quantitative estimate of drug-likeness (QED) is 0.454. The van der Waals surface area contributed by atoms with Crippen LogP contribution in [0.25, 0.3) is 44.1 Å². The molecular formula is C19H11N3O. The normalized spacial score (nSPS) is 11.5. The number of para-hydroxylation sites is 1. The predicted octanol–water partition coefficient (Wildman–Crippen LogP) is 4.59. The van der Waals surface area contributed by atoms with Gasteiger partial charge in [0.25, 0.3) is 0 Å². The molecule has 23 heavy (non-hydrogen) atoms. The van der Waals surface area contributed by atoms with Crippen LogP contribution in [0.4, 0.5) is 0 Å². The summed E-state index contributed by atoms with van der Waals surface area (Å²) in [6.45, 7) is 0. The van der Waals surface area contributed by atoms with E-state index < -0.39 is 0 Å². The summed E-state index contributed by atoms with van der Waals surface area (Å²) in [6, 6.07) is 16.0. The Bertz CT molecular complexity index is 1170. The van der Waals surface area contributed by atoms with E-state index in [1.807, 2.05) is 42.6 Å². The number of hydrogen-bond donors (Lipinski definition) is 0. The van der Waals surface area contributed by atoms with Gasteiger partial charge in [-0.3, -0.25) is 4.98 Å². The number of fused-ring (bicyclic) bond motifs is 4. The lowest BCUT2D eigenvalue weighted by Gasteiger charge is -2.06. The number of furan rings is 1. The molecule has 0 atom stereocenters. The van der Waals surface area contributed by atoms with Crippen molar-refractivity contribution in [2.24, 2.45) is 0 Å². The lowest BCUT2D eigenvalue weighted by Crippen LogP contribution is -1.87. The lowest BCUT2D eigenvalue weighted by atomic mass is 9.99. The molecule has 0 unspecified atom stereocenters. The first-order valence-corrected chi connectivity index (χ1v) is 7.37. The van der Waals surface area contributed by atoms with Crippen LogP contribution in [-0.4, -0.2) is 15.0 Å². The fraction of sp³-hybridized carbons (Fsp3) is 0. The zero-order valence-electron chi connectivity index (χ0n) is 12.1. The molecule has 0 spiro atoms. The zero-order valence-corrected chi connectivity index (χ0v) is 12.1. The molecule has 4 nitrogen and oxygen atoms in total. The molecule has 0 radical (unpaired) electrons. The molecule has 0 saturated heterocycles. The van der Waals surface area contributed by atoms with Crippen molar-refractivity contribution in [3.05, 3.63) is 67.3 Å². The standard InChI is InChI=1S/C19H11N3O/c1-4-12-10-20-11-22-18(12)14(6-1)13-5-2-7-15-17(13)19-16(23-15)8-3-9-21-19/h1-11H. The van der Waals surface area contributed by atoms with Crippen molar-refractivity contribution < 1.29 is 4.42 Å². The topological polar surface area (TPSA) is 51.8 Å². The first kappa shape index (κ1) is 12.3. The van der Waals surface area contributed by atoms with E-state index in [4.69, 9.17) is 4.42 Å². The highest BCUT2D eigenvalue weighted by molar-refractivity contribution is 6.13. The van der Waals surface area contributed by atoms with E-state index in [1.54, 1.807) is 12.5 Å². The number of pyridine rings is 1. The van der Waals surface area contributed by atoms with Gasteiger partial charge in [-0.1, -0.05) is 30.3 Å². The van der Waals surface area contributed by atoms with Crippen molar-refractivity contribution in [3.63, 3.8) is 0 Å². The minimum absolute atomic E-state index is 0.796. The summed E-state index contributed by atoms with van der Waals surface area (Å²) < 4.78 is 5.93. The van der Waals surface area contributed by atoms with E-state index in [9.17, 15) is 0 Å². The molecule has 108 valence electrons. The smallest absolute Gasteiger partial charge is 0.153 e. The molecule has 3 aromatic heterocycles. The van der Waals surface area contributed by atoms with Crippen molar-refractivity contribution in [1.29, 1.82) is 0 Å². The fourth-order valence-electron chi connectivity index (χ4n) is 3.10. The molecular weight excluding hydrogens is 286 g/mol. The maximum atomic E-state index is 5.93. The average Bonchev–Trinajstić information content (AvgIpc) is 3.00. The van der Waals surface area contributed by atoms with Crippen molar-refractivity contribution in [2.45, 2.75) is 0 Å². The highest BCUT2D eigenvalue weighted by Gasteiger charge is 2.14. The Morgan fingerprint density at radius 3 is 2.61 bits per heavy atom. The number of aromatic nitrogens is 3. The Morgan fingerprint density at radius 1 is 0.739 bits per heavy atom. The van der Waals surface area contributed by atoms with Crippen LogP contribution in [0.2, 0.25) is 0 Å². The summed E-state index contributed by atoms with van der Waals surface area (Å²) in [5.41, 5.74) is 5.57. The summed E-state index contributed by atoms with van der Waals surface area (Å²) in [5, 5.41) is 2.04. The van der Waals surface area contributed by atoms with E-state index in [1.165, 1.54) is 0 Å². The molecule has 0 N–H and O–H groups in total. The minimum Gasteiger partial charge on any atom is -0.454 e. The average molecular weight is 297 g/mol. The van der Waals surface area contributed by atoms with Gasteiger partial charge in [-0.25, -0.2) is 9.97 Å². The van der Waals surface area contributed by atoms with Crippen molar-refractivity contribution in [1.82, 2.24) is 15.0 Å². The van der Waals surface area contributed by atoms with Gasteiger partial charge in [0.05, 0.1) is 10.9 Å². The van der Waals surface area contributed by atoms with Gasteiger partial charge in [-0.2, -0.15) is 0 Å². The van der Waals surface area contributed by atoms with E-state index in [0.29, 0.717) is 0 Å². The zero-order chi connectivity index (χ0) is 15.2. The molecule has 0 aliphatic heterocycles. The van der Waals surface area contributed by atoms with E-state index in [0.717, 1.165) is 44.1 Å². The highest BCUT2D eigenvalue weighted by Crippen LogP contribution is 2.37. The van der Waals surface area contributed by atoms with Gasteiger partial charge >= 0.3 is 0 Å². The van der Waals surface area contributed by atoms with E-state index in [-0.39, 0.29) is 0 Å². The van der Waals surface area contributed by atoms with Gasteiger partial charge in [0.2, 0.25) is 0 Å². The SMILES string of the molecule is c1cc(-c2cccc3oc4cccnc4c23)c2ncncc2c1. The molecule has 4 heteroatoms. The van der Waals surface area contributed by atoms with Gasteiger partial charge in [-0.05, 0) is 23.8 Å². The molecule has 0 aliphatic rings. The molecule has 0 fully saturated rings. The number of benzene rings is 2.